The average Bonchev–Trinajstić information content (AvgIpc) is 2.26. The van der Waals surface area contributed by atoms with E-state index in [1.54, 1.807) is 24.3 Å². The molecule has 0 N–H and O–H groups in total. The van der Waals surface area contributed by atoms with Crippen molar-refractivity contribution >= 4 is 6.16 Å². The molecule has 0 bridgehead atoms. The topological polar surface area (TPSA) is 44.8 Å². The maximum atomic E-state index is 11.0. The highest BCUT2D eigenvalue weighted by Crippen LogP contribution is 2.19. The van der Waals surface area contributed by atoms with Crippen molar-refractivity contribution in [3.8, 4) is 11.5 Å². The van der Waals surface area contributed by atoms with Gasteiger partial charge in [0.15, 0.2) is 0 Å². The molecule has 0 radical (unpaired) electrons. The number of rotatable bonds is 4. The summed E-state index contributed by atoms with van der Waals surface area (Å²) < 4.78 is 14.5. The van der Waals surface area contributed by atoms with Gasteiger partial charge in [-0.25, -0.2) is 4.79 Å². The molecule has 0 fully saturated rings. The Kier molecular flexibility index (Phi) is 4.22. The molecular weight excluding hydrogens is 196 g/mol. The van der Waals surface area contributed by atoms with Crippen LogP contribution in [-0.2, 0) is 4.74 Å². The number of ether oxygens (including phenoxy) is 3. The van der Waals surface area contributed by atoms with Gasteiger partial charge in [-0.2, -0.15) is 0 Å². The van der Waals surface area contributed by atoms with Crippen molar-refractivity contribution in [2.75, 3.05) is 13.7 Å². The second-order valence-corrected chi connectivity index (χ2v) is 2.63. The van der Waals surface area contributed by atoms with Gasteiger partial charge in [0.25, 0.3) is 0 Å². The zero-order valence-electron chi connectivity index (χ0n) is 8.43. The lowest BCUT2D eigenvalue weighted by Crippen LogP contribution is -2.10. The summed E-state index contributed by atoms with van der Waals surface area (Å²) in [4.78, 5) is 11.0. The zero-order chi connectivity index (χ0) is 11.1. The van der Waals surface area contributed by atoms with Gasteiger partial charge in [-0.05, 0) is 12.1 Å². The summed E-state index contributed by atoms with van der Waals surface area (Å²) in [5, 5.41) is 0. The molecule has 0 spiro atoms. The van der Waals surface area contributed by atoms with Crippen molar-refractivity contribution < 1.29 is 19.0 Å². The second kappa shape index (κ2) is 5.70. The Morgan fingerprint density at radius 3 is 2.87 bits per heavy atom. The van der Waals surface area contributed by atoms with Gasteiger partial charge in [0.1, 0.15) is 18.1 Å². The van der Waals surface area contributed by atoms with Crippen molar-refractivity contribution in [3.05, 3.63) is 36.9 Å². The molecule has 4 nitrogen and oxygen atoms in total. The van der Waals surface area contributed by atoms with Gasteiger partial charge in [0.05, 0.1) is 7.11 Å². The number of hydrogen-bond donors (Lipinski definition) is 0. The van der Waals surface area contributed by atoms with E-state index in [1.165, 1.54) is 13.2 Å². The van der Waals surface area contributed by atoms with E-state index in [9.17, 15) is 4.79 Å². The van der Waals surface area contributed by atoms with Crippen LogP contribution in [0.4, 0.5) is 4.79 Å². The maximum absolute atomic E-state index is 11.0. The molecule has 0 aliphatic heterocycles. The van der Waals surface area contributed by atoms with Crippen LogP contribution in [0.25, 0.3) is 0 Å². The van der Waals surface area contributed by atoms with E-state index in [2.05, 4.69) is 11.3 Å². The van der Waals surface area contributed by atoms with Gasteiger partial charge in [-0.15, -0.1) is 0 Å². The molecule has 0 aliphatic rings. The molecule has 0 amide bonds. The number of methoxy groups -OCH3 is 1. The quantitative estimate of drug-likeness (QED) is 0.433. The largest absolute Gasteiger partial charge is 0.514 e. The molecule has 15 heavy (non-hydrogen) atoms. The van der Waals surface area contributed by atoms with E-state index in [0.717, 1.165) is 0 Å². The van der Waals surface area contributed by atoms with Crippen LogP contribution >= 0.6 is 0 Å². The fourth-order valence-electron chi connectivity index (χ4n) is 0.917. The highest BCUT2D eigenvalue weighted by atomic mass is 16.7. The molecule has 0 atom stereocenters. The molecule has 80 valence electrons. The summed E-state index contributed by atoms with van der Waals surface area (Å²) in [6.45, 7) is 3.54. The molecular formula is C11H12O4. The van der Waals surface area contributed by atoms with Crippen LogP contribution in [0.3, 0.4) is 0 Å². The summed E-state index contributed by atoms with van der Waals surface area (Å²) in [6, 6.07) is 6.70. The van der Waals surface area contributed by atoms with E-state index < -0.39 is 6.16 Å². The standard InChI is InChI=1S/C11H12O4/c1-3-7-14-11(12)15-10-6-4-5-9(8-10)13-2/h3-6,8H,1,7H2,2H3. The minimum absolute atomic E-state index is 0.128. The van der Waals surface area contributed by atoms with Gasteiger partial charge in [0, 0.05) is 6.07 Å². The molecule has 1 aromatic rings. The Hall–Kier alpha value is -1.97. The number of hydrogen-bond acceptors (Lipinski definition) is 4. The normalized spacial score (nSPS) is 9.13. The summed E-state index contributed by atoms with van der Waals surface area (Å²) in [7, 11) is 1.54. The van der Waals surface area contributed by atoms with Gasteiger partial charge >= 0.3 is 6.16 Å². The summed E-state index contributed by atoms with van der Waals surface area (Å²) in [5.74, 6) is 0.993. The first-order chi connectivity index (χ1) is 7.26. The van der Waals surface area contributed by atoms with Gasteiger partial charge < -0.3 is 14.2 Å². The van der Waals surface area contributed by atoms with E-state index in [-0.39, 0.29) is 6.61 Å². The van der Waals surface area contributed by atoms with Crippen LogP contribution in [0.15, 0.2) is 36.9 Å². The number of benzene rings is 1. The molecule has 0 saturated heterocycles. The average molecular weight is 208 g/mol. The minimum atomic E-state index is -0.761. The molecule has 0 unspecified atom stereocenters. The lowest BCUT2D eigenvalue weighted by Gasteiger charge is -2.05. The smallest absolute Gasteiger partial charge is 0.497 e. The molecule has 0 aromatic heterocycles. The fourth-order valence-corrected chi connectivity index (χ4v) is 0.917. The second-order valence-electron chi connectivity index (χ2n) is 2.63. The van der Waals surface area contributed by atoms with Crippen molar-refractivity contribution in [2.24, 2.45) is 0 Å². The van der Waals surface area contributed by atoms with Crippen molar-refractivity contribution in [1.29, 1.82) is 0 Å². The van der Waals surface area contributed by atoms with Crippen LogP contribution in [0.5, 0.6) is 11.5 Å². The lowest BCUT2D eigenvalue weighted by atomic mass is 10.3. The van der Waals surface area contributed by atoms with E-state index in [1.807, 2.05) is 0 Å². The zero-order valence-corrected chi connectivity index (χ0v) is 8.43. The number of carbonyl (C=O) groups is 1. The molecule has 0 saturated carbocycles. The first-order valence-electron chi connectivity index (χ1n) is 4.36. The maximum Gasteiger partial charge on any atom is 0.514 e. The molecule has 1 aromatic carbocycles. The van der Waals surface area contributed by atoms with E-state index >= 15 is 0 Å². The third-order valence-electron chi connectivity index (χ3n) is 1.56. The Morgan fingerprint density at radius 1 is 1.47 bits per heavy atom. The van der Waals surface area contributed by atoms with Crippen LogP contribution in [0.1, 0.15) is 0 Å². The van der Waals surface area contributed by atoms with E-state index in [4.69, 9.17) is 9.47 Å². The van der Waals surface area contributed by atoms with Crippen LogP contribution < -0.4 is 9.47 Å². The van der Waals surface area contributed by atoms with E-state index in [0.29, 0.717) is 11.5 Å². The molecule has 1 rings (SSSR count). The monoisotopic (exact) mass is 208 g/mol. The predicted molar refractivity (Wildman–Crippen MR) is 55.2 cm³/mol. The van der Waals surface area contributed by atoms with Gasteiger partial charge in [-0.1, -0.05) is 18.7 Å². The van der Waals surface area contributed by atoms with Crippen LogP contribution in [-0.4, -0.2) is 19.9 Å². The molecule has 0 aliphatic carbocycles. The lowest BCUT2D eigenvalue weighted by molar-refractivity contribution is 0.109. The van der Waals surface area contributed by atoms with Crippen LogP contribution in [0, 0.1) is 0 Å². The molecule has 0 heterocycles. The Bertz CT molecular complexity index is 346. The molecule has 4 heteroatoms. The Morgan fingerprint density at radius 2 is 2.20 bits per heavy atom. The summed E-state index contributed by atoms with van der Waals surface area (Å²) in [6.07, 6.45) is 0.704. The van der Waals surface area contributed by atoms with Crippen LogP contribution in [0.2, 0.25) is 0 Å². The minimum Gasteiger partial charge on any atom is -0.497 e. The fraction of sp³-hybridized carbons (Fsp3) is 0.182. The van der Waals surface area contributed by atoms with Crippen molar-refractivity contribution in [1.82, 2.24) is 0 Å². The third kappa shape index (κ3) is 3.72. The van der Waals surface area contributed by atoms with Gasteiger partial charge in [-0.3, -0.25) is 0 Å². The first kappa shape index (κ1) is 11.1. The highest BCUT2D eigenvalue weighted by Gasteiger charge is 2.05. The SMILES string of the molecule is C=CCOC(=O)Oc1cccc(OC)c1. The highest BCUT2D eigenvalue weighted by molar-refractivity contribution is 5.64. The van der Waals surface area contributed by atoms with Gasteiger partial charge in [0.2, 0.25) is 0 Å². The Labute approximate surface area is 88.1 Å². The first-order valence-corrected chi connectivity index (χ1v) is 4.36. The third-order valence-corrected chi connectivity index (χ3v) is 1.56. The van der Waals surface area contributed by atoms with Crippen molar-refractivity contribution in [2.45, 2.75) is 0 Å². The van der Waals surface area contributed by atoms with Crippen molar-refractivity contribution in [3.63, 3.8) is 0 Å². The summed E-state index contributed by atoms with van der Waals surface area (Å²) >= 11 is 0. The number of carbonyl (C=O) groups excluding carboxylic acids is 1. The summed E-state index contributed by atoms with van der Waals surface area (Å²) in [5.41, 5.74) is 0. The Balaban J connectivity index is 2.55. The predicted octanol–water partition coefficient (Wildman–Crippen LogP) is 2.40.